The summed E-state index contributed by atoms with van der Waals surface area (Å²) in [6, 6.07) is 0. The fraction of sp³-hybridized carbons (Fsp3) is 0.571. The second-order valence-electron chi connectivity index (χ2n) is 2.86. The summed E-state index contributed by atoms with van der Waals surface area (Å²) in [6.07, 6.45) is -4.60. The molecular weight excluding hydrogens is 245 g/mol. The number of thiocarbonyl (C=S) groups is 1. The van der Waals surface area contributed by atoms with Crippen molar-refractivity contribution in [2.75, 3.05) is 13.7 Å². The van der Waals surface area contributed by atoms with Crippen LogP contribution in [0.5, 0.6) is 0 Å². The zero-order chi connectivity index (χ0) is 12.3. The number of nitrogens with two attached hydrogens (primary N) is 1. The van der Waals surface area contributed by atoms with E-state index in [9.17, 15) is 13.2 Å². The second-order valence-corrected chi connectivity index (χ2v) is 3.30. The van der Waals surface area contributed by atoms with E-state index < -0.39 is 22.6 Å². The Morgan fingerprint density at radius 2 is 2.19 bits per heavy atom. The molecule has 0 bridgehead atoms. The minimum Gasteiger partial charge on any atom is -0.388 e. The minimum atomic E-state index is -4.60. The second kappa shape index (κ2) is 4.74. The van der Waals surface area contributed by atoms with Gasteiger partial charge in [-0.1, -0.05) is 17.4 Å². The van der Waals surface area contributed by atoms with Crippen LogP contribution in [0.4, 0.5) is 13.2 Å². The van der Waals surface area contributed by atoms with Gasteiger partial charge in [0.1, 0.15) is 4.99 Å². The third-order valence-corrected chi connectivity index (χ3v) is 1.94. The van der Waals surface area contributed by atoms with Crippen molar-refractivity contribution in [1.29, 1.82) is 0 Å². The summed E-state index contributed by atoms with van der Waals surface area (Å²) < 4.78 is 43.4. The normalized spacial score (nSPS) is 11.8. The Hall–Kier alpha value is -1.22. The maximum atomic E-state index is 12.7. The zero-order valence-corrected chi connectivity index (χ0v) is 9.10. The molecule has 0 saturated carbocycles. The van der Waals surface area contributed by atoms with Crippen molar-refractivity contribution in [1.82, 2.24) is 15.0 Å². The van der Waals surface area contributed by atoms with Crippen LogP contribution in [0.1, 0.15) is 11.4 Å². The molecule has 0 fully saturated rings. The lowest BCUT2D eigenvalue weighted by atomic mass is 10.3. The number of methoxy groups -OCH3 is 1. The standard InChI is InChI=1S/C7H9F3N4OS/c1-15-3-2-14-5(7(8,9)10)4(6(11)16)12-13-14/h2-3H2,1H3,(H2,11,16). The van der Waals surface area contributed by atoms with Crippen LogP contribution in [0.15, 0.2) is 0 Å². The number of aromatic nitrogens is 3. The Bertz CT molecular complexity index is 389. The first kappa shape index (κ1) is 12.8. The van der Waals surface area contributed by atoms with Crippen molar-refractivity contribution in [3.05, 3.63) is 11.4 Å². The van der Waals surface area contributed by atoms with Crippen LogP contribution in [0, 0.1) is 0 Å². The molecule has 90 valence electrons. The number of ether oxygens (including phenoxy) is 1. The topological polar surface area (TPSA) is 66.0 Å². The number of nitrogens with zero attached hydrogens (tertiary/aromatic N) is 3. The molecule has 0 aliphatic carbocycles. The highest BCUT2D eigenvalue weighted by atomic mass is 32.1. The Morgan fingerprint density at radius 1 is 1.56 bits per heavy atom. The molecular formula is C7H9F3N4OS. The fourth-order valence-electron chi connectivity index (χ4n) is 1.09. The van der Waals surface area contributed by atoms with Crippen molar-refractivity contribution in [3.63, 3.8) is 0 Å². The molecule has 0 aromatic carbocycles. The SMILES string of the molecule is COCCn1nnc(C(N)=S)c1C(F)(F)F. The van der Waals surface area contributed by atoms with E-state index in [4.69, 9.17) is 5.73 Å². The largest absolute Gasteiger partial charge is 0.435 e. The van der Waals surface area contributed by atoms with E-state index in [0.29, 0.717) is 4.68 Å². The minimum absolute atomic E-state index is 0.0685. The van der Waals surface area contributed by atoms with Crippen LogP contribution in [-0.4, -0.2) is 33.7 Å². The Morgan fingerprint density at radius 3 is 2.62 bits per heavy atom. The molecule has 0 unspecified atom stereocenters. The summed E-state index contributed by atoms with van der Waals surface area (Å²) in [4.78, 5) is -0.434. The maximum absolute atomic E-state index is 12.7. The smallest absolute Gasteiger partial charge is 0.388 e. The van der Waals surface area contributed by atoms with Gasteiger partial charge in [0.15, 0.2) is 11.4 Å². The monoisotopic (exact) mass is 254 g/mol. The number of halogens is 3. The fourth-order valence-corrected chi connectivity index (χ4v) is 1.23. The van der Waals surface area contributed by atoms with Gasteiger partial charge in [-0.05, 0) is 0 Å². The van der Waals surface area contributed by atoms with Gasteiger partial charge in [-0.2, -0.15) is 13.2 Å². The van der Waals surface area contributed by atoms with E-state index in [0.717, 1.165) is 0 Å². The molecule has 1 heterocycles. The lowest BCUT2D eigenvalue weighted by Gasteiger charge is -2.10. The maximum Gasteiger partial charge on any atom is 0.435 e. The van der Waals surface area contributed by atoms with Crippen molar-refractivity contribution in [2.24, 2.45) is 5.73 Å². The van der Waals surface area contributed by atoms with Gasteiger partial charge in [0.25, 0.3) is 0 Å². The summed E-state index contributed by atoms with van der Waals surface area (Å²) >= 11 is 4.47. The van der Waals surface area contributed by atoms with Crippen LogP contribution in [0.3, 0.4) is 0 Å². The van der Waals surface area contributed by atoms with Crippen molar-refractivity contribution >= 4 is 17.2 Å². The number of hydrogen-bond donors (Lipinski definition) is 1. The molecule has 0 radical (unpaired) electrons. The molecule has 2 N–H and O–H groups in total. The third-order valence-electron chi connectivity index (χ3n) is 1.74. The number of hydrogen-bond acceptors (Lipinski definition) is 4. The van der Waals surface area contributed by atoms with Crippen LogP contribution >= 0.6 is 12.2 Å². The van der Waals surface area contributed by atoms with Gasteiger partial charge in [0, 0.05) is 7.11 Å². The van der Waals surface area contributed by atoms with E-state index in [-0.39, 0.29) is 13.2 Å². The average molecular weight is 254 g/mol. The molecule has 1 aromatic rings. The zero-order valence-electron chi connectivity index (χ0n) is 8.28. The summed E-state index contributed by atoms with van der Waals surface area (Å²) in [6.45, 7) is 0.0180. The van der Waals surface area contributed by atoms with Crippen LogP contribution < -0.4 is 5.73 Å². The van der Waals surface area contributed by atoms with Gasteiger partial charge in [-0.25, -0.2) is 4.68 Å². The molecule has 0 aliphatic heterocycles. The molecule has 5 nitrogen and oxygen atoms in total. The van der Waals surface area contributed by atoms with Crippen molar-refractivity contribution in [3.8, 4) is 0 Å². The molecule has 16 heavy (non-hydrogen) atoms. The first-order valence-corrected chi connectivity index (χ1v) is 4.58. The molecule has 0 aliphatic rings. The molecule has 0 spiro atoms. The Labute approximate surface area is 94.4 Å². The van der Waals surface area contributed by atoms with Gasteiger partial charge in [0.05, 0.1) is 13.2 Å². The van der Waals surface area contributed by atoms with Crippen LogP contribution in [-0.2, 0) is 17.5 Å². The first-order chi connectivity index (χ1) is 7.38. The summed E-state index contributed by atoms with van der Waals surface area (Å²) in [7, 11) is 1.37. The molecule has 0 amide bonds. The number of alkyl halides is 3. The van der Waals surface area contributed by atoms with Gasteiger partial charge in [-0.15, -0.1) is 5.10 Å². The summed E-state index contributed by atoms with van der Waals surface area (Å²) in [5.41, 5.74) is 3.58. The molecule has 9 heteroatoms. The van der Waals surface area contributed by atoms with E-state index in [1.807, 2.05) is 0 Å². The highest BCUT2D eigenvalue weighted by Crippen LogP contribution is 2.30. The molecule has 1 aromatic heterocycles. The highest BCUT2D eigenvalue weighted by molar-refractivity contribution is 7.80. The van der Waals surface area contributed by atoms with Gasteiger partial charge in [0.2, 0.25) is 0 Å². The highest BCUT2D eigenvalue weighted by Gasteiger charge is 2.39. The van der Waals surface area contributed by atoms with E-state index in [2.05, 4.69) is 27.3 Å². The molecule has 0 atom stereocenters. The lowest BCUT2D eigenvalue weighted by Crippen LogP contribution is -2.22. The van der Waals surface area contributed by atoms with Crippen LogP contribution in [0.2, 0.25) is 0 Å². The summed E-state index contributed by atoms with van der Waals surface area (Å²) in [5, 5.41) is 6.65. The van der Waals surface area contributed by atoms with Crippen molar-refractivity contribution < 1.29 is 17.9 Å². The van der Waals surface area contributed by atoms with Gasteiger partial charge >= 0.3 is 6.18 Å². The number of rotatable bonds is 4. The Balaban J connectivity index is 3.15. The summed E-state index contributed by atoms with van der Waals surface area (Å²) in [5.74, 6) is 0. The van der Waals surface area contributed by atoms with Gasteiger partial charge < -0.3 is 10.5 Å². The Kier molecular flexibility index (Phi) is 3.81. The molecule has 0 saturated heterocycles. The van der Waals surface area contributed by atoms with E-state index in [1.54, 1.807) is 0 Å². The lowest BCUT2D eigenvalue weighted by molar-refractivity contribution is -0.144. The predicted octanol–water partition coefficient (Wildman–Crippen LogP) is 0.578. The first-order valence-electron chi connectivity index (χ1n) is 4.17. The average Bonchev–Trinajstić information content (AvgIpc) is 2.57. The van der Waals surface area contributed by atoms with Gasteiger partial charge in [-0.3, -0.25) is 0 Å². The predicted molar refractivity (Wildman–Crippen MR) is 52.8 cm³/mol. The molecule has 1 rings (SSSR count). The van der Waals surface area contributed by atoms with E-state index in [1.165, 1.54) is 7.11 Å². The van der Waals surface area contributed by atoms with Crippen molar-refractivity contribution in [2.45, 2.75) is 12.7 Å². The third kappa shape index (κ3) is 2.67. The van der Waals surface area contributed by atoms with E-state index >= 15 is 0 Å². The van der Waals surface area contributed by atoms with Crippen LogP contribution in [0.25, 0.3) is 0 Å². The quantitative estimate of drug-likeness (QED) is 0.796.